The summed E-state index contributed by atoms with van der Waals surface area (Å²) in [4.78, 5) is 20.8. The Morgan fingerprint density at radius 2 is 2.33 bits per heavy atom. The molecular formula is C9H13ClN4O. The molecule has 0 aromatic carbocycles. The van der Waals surface area contributed by atoms with Crippen LogP contribution in [0.4, 0.5) is 5.82 Å². The number of anilines is 1. The molecule has 0 saturated heterocycles. The molecule has 0 bridgehead atoms. The van der Waals surface area contributed by atoms with Gasteiger partial charge in [0, 0.05) is 13.6 Å². The van der Waals surface area contributed by atoms with Crippen molar-refractivity contribution in [1.82, 2.24) is 14.9 Å². The molecule has 1 aromatic heterocycles. The van der Waals surface area contributed by atoms with Gasteiger partial charge in [-0.25, -0.2) is 4.98 Å². The van der Waals surface area contributed by atoms with E-state index in [0.29, 0.717) is 17.5 Å². The number of amides is 1. The Bertz CT molecular complexity index is 345. The van der Waals surface area contributed by atoms with Gasteiger partial charge in [0.1, 0.15) is 11.0 Å². The second-order valence-electron chi connectivity index (χ2n) is 2.99. The highest BCUT2D eigenvalue weighted by Gasteiger charge is 2.06. The van der Waals surface area contributed by atoms with E-state index in [1.54, 1.807) is 11.9 Å². The summed E-state index contributed by atoms with van der Waals surface area (Å²) in [5, 5.41) is 3.15. The minimum atomic E-state index is -0.000671. The van der Waals surface area contributed by atoms with Gasteiger partial charge in [-0.2, -0.15) is 0 Å². The van der Waals surface area contributed by atoms with Crippen LogP contribution in [0.15, 0.2) is 12.4 Å². The molecule has 0 unspecified atom stereocenters. The van der Waals surface area contributed by atoms with Crippen molar-refractivity contribution in [2.24, 2.45) is 0 Å². The first-order valence-corrected chi connectivity index (χ1v) is 4.96. The van der Waals surface area contributed by atoms with Crippen LogP contribution < -0.4 is 5.32 Å². The van der Waals surface area contributed by atoms with E-state index in [9.17, 15) is 4.79 Å². The summed E-state index contributed by atoms with van der Waals surface area (Å²) >= 11 is 5.64. The van der Waals surface area contributed by atoms with Crippen molar-refractivity contribution in [3.05, 3.63) is 17.5 Å². The number of hydrogen-bond donors (Lipinski definition) is 1. The molecule has 0 atom stereocenters. The molecule has 0 aliphatic rings. The van der Waals surface area contributed by atoms with Crippen molar-refractivity contribution < 1.29 is 4.79 Å². The Morgan fingerprint density at radius 1 is 1.60 bits per heavy atom. The van der Waals surface area contributed by atoms with Crippen LogP contribution in [0, 0.1) is 0 Å². The lowest BCUT2D eigenvalue weighted by molar-refractivity contribution is -0.127. The maximum Gasteiger partial charge on any atom is 0.241 e. The van der Waals surface area contributed by atoms with Gasteiger partial charge in [0.15, 0.2) is 0 Å². The number of nitrogens with zero attached hydrogens (tertiary/aromatic N) is 3. The third kappa shape index (κ3) is 3.71. The van der Waals surface area contributed by atoms with Gasteiger partial charge in [0.05, 0.1) is 18.9 Å². The van der Waals surface area contributed by atoms with E-state index in [1.807, 2.05) is 6.92 Å². The summed E-state index contributed by atoms with van der Waals surface area (Å²) in [5.41, 5.74) is 0. The summed E-state index contributed by atoms with van der Waals surface area (Å²) in [5.74, 6) is 0.500. The second kappa shape index (κ2) is 5.50. The fourth-order valence-electron chi connectivity index (χ4n) is 0.905. The first kappa shape index (κ1) is 11.7. The van der Waals surface area contributed by atoms with Crippen molar-refractivity contribution in [3.8, 4) is 0 Å². The molecule has 0 spiro atoms. The van der Waals surface area contributed by atoms with Gasteiger partial charge in [0.25, 0.3) is 0 Å². The molecule has 82 valence electrons. The number of carbonyl (C=O) groups excluding carboxylic acids is 1. The Morgan fingerprint density at radius 3 is 2.93 bits per heavy atom. The number of aromatic nitrogens is 2. The van der Waals surface area contributed by atoms with Crippen molar-refractivity contribution in [2.75, 3.05) is 25.5 Å². The van der Waals surface area contributed by atoms with E-state index >= 15 is 0 Å². The monoisotopic (exact) mass is 228 g/mol. The molecule has 0 saturated carbocycles. The molecule has 0 aliphatic heterocycles. The first-order chi connectivity index (χ1) is 7.13. The SMILES string of the molecule is CCN(C)C(=O)CNc1cncc(Cl)n1. The minimum absolute atomic E-state index is 0.000671. The lowest BCUT2D eigenvalue weighted by Gasteiger charge is -2.14. The van der Waals surface area contributed by atoms with E-state index in [0.717, 1.165) is 0 Å². The standard InChI is InChI=1S/C9H13ClN4O/c1-3-14(2)9(15)6-12-8-5-11-4-7(10)13-8/h4-5H,3,6H2,1-2H3,(H,12,13). The van der Waals surface area contributed by atoms with Gasteiger partial charge < -0.3 is 10.2 Å². The van der Waals surface area contributed by atoms with Crippen LogP contribution in [0.2, 0.25) is 5.15 Å². The van der Waals surface area contributed by atoms with Crippen LogP contribution in [0.1, 0.15) is 6.92 Å². The first-order valence-electron chi connectivity index (χ1n) is 4.59. The summed E-state index contributed by atoms with van der Waals surface area (Å²) in [6.45, 7) is 2.79. The van der Waals surface area contributed by atoms with Gasteiger partial charge in [-0.15, -0.1) is 0 Å². The van der Waals surface area contributed by atoms with Crippen molar-refractivity contribution >= 4 is 23.3 Å². The fourth-order valence-corrected chi connectivity index (χ4v) is 1.05. The molecule has 1 aromatic rings. The number of nitrogens with one attached hydrogen (secondary N) is 1. The number of carbonyl (C=O) groups is 1. The Labute approximate surface area is 93.5 Å². The Kier molecular flexibility index (Phi) is 4.30. The molecule has 0 aliphatic carbocycles. The lowest BCUT2D eigenvalue weighted by atomic mass is 10.5. The predicted molar refractivity (Wildman–Crippen MR) is 58.8 cm³/mol. The van der Waals surface area contributed by atoms with Gasteiger partial charge in [-0.1, -0.05) is 11.6 Å². The molecule has 5 nitrogen and oxygen atoms in total. The third-order valence-electron chi connectivity index (χ3n) is 1.93. The Hall–Kier alpha value is -1.36. The second-order valence-corrected chi connectivity index (χ2v) is 3.38. The zero-order chi connectivity index (χ0) is 11.3. The largest absolute Gasteiger partial charge is 0.360 e. The van der Waals surface area contributed by atoms with E-state index in [-0.39, 0.29) is 12.5 Å². The fraction of sp³-hybridized carbons (Fsp3) is 0.444. The highest BCUT2D eigenvalue weighted by molar-refractivity contribution is 6.29. The maximum absolute atomic E-state index is 11.4. The summed E-state index contributed by atoms with van der Waals surface area (Å²) in [7, 11) is 1.74. The maximum atomic E-state index is 11.4. The highest BCUT2D eigenvalue weighted by atomic mass is 35.5. The highest BCUT2D eigenvalue weighted by Crippen LogP contribution is 2.06. The number of halogens is 1. The number of hydrogen-bond acceptors (Lipinski definition) is 4. The van der Waals surface area contributed by atoms with Crippen LogP contribution in [0.5, 0.6) is 0 Å². The predicted octanol–water partition coefficient (Wildman–Crippen LogP) is 1.02. The topological polar surface area (TPSA) is 58.1 Å². The molecule has 0 radical (unpaired) electrons. The van der Waals surface area contributed by atoms with Crippen molar-refractivity contribution in [2.45, 2.75) is 6.92 Å². The minimum Gasteiger partial charge on any atom is -0.360 e. The zero-order valence-electron chi connectivity index (χ0n) is 8.70. The summed E-state index contributed by atoms with van der Waals surface area (Å²) in [6, 6.07) is 0. The molecule has 1 amide bonds. The van der Waals surface area contributed by atoms with E-state index in [1.165, 1.54) is 12.4 Å². The summed E-state index contributed by atoms with van der Waals surface area (Å²) < 4.78 is 0. The zero-order valence-corrected chi connectivity index (χ0v) is 9.45. The summed E-state index contributed by atoms with van der Waals surface area (Å²) in [6.07, 6.45) is 2.96. The molecule has 15 heavy (non-hydrogen) atoms. The van der Waals surface area contributed by atoms with E-state index in [2.05, 4.69) is 15.3 Å². The van der Waals surface area contributed by atoms with E-state index < -0.39 is 0 Å². The van der Waals surface area contributed by atoms with Crippen LogP contribution >= 0.6 is 11.6 Å². The van der Waals surface area contributed by atoms with Crippen molar-refractivity contribution in [3.63, 3.8) is 0 Å². The average molecular weight is 229 g/mol. The normalized spacial score (nSPS) is 9.80. The third-order valence-corrected chi connectivity index (χ3v) is 2.11. The van der Waals surface area contributed by atoms with Crippen LogP contribution in [-0.2, 0) is 4.79 Å². The smallest absolute Gasteiger partial charge is 0.241 e. The average Bonchev–Trinajstić information content (AvgIpc) is 2.25. The Balaban J connectivity index is 2.47. The van der Waals surface area contributed by atoms with Crippen LogP contribution in [-0.4, -0.2) is 40.9 Å². The molecule has 1 heterocycles. The molecule has 6 heteroatoms. The molecular weight excluding hydrogens is 216 g/mol. The lowest BCUT2D eigenvalue weighted by Crippen LogP contribution is -2.32. The quantitative estimate of drug-likeness (QED) is 0.836. The van der Waals surface area contributed by atoms with Gasteiger partial charge in [0.2, 0.25) is 5.91 Å². The molecule has 1 rings (SSSR count). The van der Waals surface area contributed by atoms with E-state index in [4.69, 9.17) is 11.6 Å². The molecule has 1 N–H and O–H groups in total. The van der Waals surface area contributed by atoms with Gasteiger partial charge in [-0.05, 0) is 6.92 Å². The number of likely N-dealkylation sites (N-methyl/N-ethyl adjacent to an activating group) is 1. The molecule has 0 fully saturated rings. The van der Waals surface area contributed by atoms with Crippen LogP contribution in [0.3, 0.4) is 0 Å². The number of rotatable bonds is 4. The van der Waals surface area contributed by atoms with Crippen molar-refractivity contribution in [1.29, 1.82) is 0 Å². The van der Waals surface area contributed by atoms with Crippen LogP contribution in [0.25, 0.3) is 0 Å². The van der Waals surface area contributed by atoms with Gasteiger partial charge >= 0.3 is 0 Å². The van der Waals surface area contributed by atoms with Gasteiger partial charge in [-0.3, -0.25) is 9.78 Å².